The number of unbranched alkanes of at least 4 members (excludes halogenated alkanes) is 12. The number of hydrogen-bond acceptors (Lipinski definition) is 3. The van der Waals surface area contributed by atoms with E-state index in [4.69, 9.17) is 0 Å². The molecule has 1 saturated heterocycles. The van der Waals surface area contributed by atoms with Gasteiger partial charge in [-0.05, 0) is 17.5 Å². The molecule has 5 heteroatoms. The molecule has 1 N–H and O–H groups in total. The molecule has 0 unspecified atom stereocenters. The fourth-order valence-corrected chi connectivity index (χ4v) is 5.25. The Bertz CT molecular complexity index is 919. The second-order valence-electron chi connectivity index (χ2n) is 9.92. The summed E-state index contributed by atoms with van der Waals surface area (Å²) < 4.78 is 0. The van der Waals surface area contributed by atoms with Crippen LogP contribution in [-0.2, 0) is 15.1 Å². The molecule has 2 aromatic rings. The van der Waals surface area contributed by atoms with Crippen molar-refractivity contribution in [1.82, 2.24) is 10.2 Å². The number of urea groups is 1. The van der Waals surface area contributed by atoms with Gasteiger partial charge in [0.25, 0.3) is 5.91 Å². The van der Waals surface area contributed by atoms with E-state index in [1.165, 1.54) is 64.2 Å². The Labute approximate surface area is 216 Å². The van der Waals surface area contributed by atoms with Crippen LogP contribution in [0, 0.1) is 0 Å². The van der Waals surface area contributed by atoms with E-state index >= 15 is 0 Å². The van der Waals surface area contributed by atoms with Crippen LogP contribution in [-0.4, -0.2) is 22.7 Å². The van der Waals surface area contributed by atoms with Crippen molar-refractivity contribution in [3.8, 4) is 0 Å². The fraction of sp³-hybridized carbons (Fsp3) is 0.516. The smallest absolute Gasteiger partial charge is 0.275 e. The van der Waals surface area contributed by atoms with Crippen LogP contribution in [0.3, 0.4) is 0 Å². The first-order valence-corrected chi connectivity index (χ1v) is 13.9. The van der Waals surface area contributed by atoms with Crippen molar-refractivity contribution in [3.63, 3.8) is 0 Å². The highest BCUT2D eigenvalue weighted by Crippen LogP contribution is 2.40. The van der Waals surface area contributed by atoms with Crippen LogP contribution < -0.4 is 5.32 Å². The summed E-state index contributed by atoms with van der Waals surface area (Å²) in [6, 6.07) is 17.6. The van der Waals surface area contributed by atoms with E-state index in [2.05, 4.69) is 12.2 Å². The zero-order chi connectivity index (χ0) is 25.6. The van der Waals surface area contributed by atoms with Gasteiger partial charge in [0.15, 0.2) is 5.54 Å². The summed E-state index contributed by atoms with van der Waals surface area (Å²) in [5, 5.41) is 2.41. The Morgan fingerprint density at radius 3 is 1.53 bits per heavy atom. The molecule has 0 atom stereocenters. The Kier molecular flexibility index (Phi) is 11.2. The van der Waals surface area contributed by atoms with Crippen LogP contribution in [0.1, 0.15) is 108 Å². The van der Waals surface area contributed by atoms with E-state index < -0.39 is 17.5 Å². The quantitative estimate of drug-likeness (QED) is 0.196. The molecule has 0 saturated carbocycles. The van der Waals surface area contributed by atoms with Gasteiger partial charge in [-0.1, -0.05) is 145 Å². The van der Waals surface area contributed by atoms with Crippen molar-refractivity contribution in [1.29, 1.82) is 0 Å². The van der Waals surface area contributed by atoms with Crippen molar-refractivity contribution in [2.45, 2.75) is 102 Å². The highest BCUT2D eigenvalue weighted by Gasteiger charge is 2.57. The number of nitrogens with zero attached hydrogens (tertiary/aromatic N) is 1. The summed E-state index contributed by atoms with van der Waals surface area (Å²) in [6.45, 7) is 2.25. The number of amides is 4. The van der Waals surface area contributed by atoms with E-state index in [-0.39, 0.29) is 12.3 Å². The molecule has 0 radical (unpaired) electrons. The van der Waals surface area contributed by atoms with Gasteiger partial charge in [0.2, 0.25) is 5.91 Å². The van der Waals surface area contributed by atoms with Crippen LogP contribution in [0.25, 0.3) is 0 Å². The zero-order valence-electron chi connectivity index (χ0n) is 21.8. The third-order valence-electron chi connectivity index (χ3n) is 7.21. The standard InChI is InChI=1S/C31H42N2O3/c1-2-3-4-5-6-7-8-9-10-11-12-13-20-25-28(34)33-30(36)32-29(35)31(33,26-21-16-14-17-22-26)27-23-18-15-19-24-27/h14-19,21-24H,2-13,20,25H2,1H3,(H,32,35,36). The van der Waals surface area contributed by atoms with Crippen LogP contribution in [0.15, 0.2) is 60.7 Å². The molecule has 1 heterocycles. The number of nitrogens with one attached hydrogen (secondary N) is 1. The molecule has 2 aromatic carbocycles. The maximum absolute atomic E-state index is 13.4. The van der Waals surface area contributed by atoms with Gasteiger partial charge < -0.3 is 0 Å². The minimum absolute atomic E-state index is 0.250. The first-order valence-electron chi connectivity index (χ1n) is 13.9. The monoisotopic (exact) mass is 490 g/mol. The maximum atomic E-state index is 13.4. The molecule has 5 nitrogen and oxygen atoms in total. The summed E-state index contributed by atoms with van der Waals surface area (Å²) in [4.78, 5) is 40.7. The van der Waals surface area contributed by atoms with Crippen LogP contribution >= 0.6 is 0 Å². The van der Waals surface area contributed by atoms with Gasteiger partial charge in [-0.25, -0.2) is 9.69 Å². The molecular weight excluding hydrogens is 448 g/mol. The van der Waals surface area contributed by atoms with Gasteiger partial charge in [-0.2, -0.15) is 0 Å². The van der Waals surface area contributed by atoms with Crippen molar-refractivity contribution >= 4 is 17.8 Å². The second kappa shape index (κ2) is 14.6. The minimum atomic E-state index is -1.48. The lowest BCUT2D eigenvalue weighted by Gasteiger charge is -2.35. The molecule has 1 aliphatic rings. The van der Waals surface area contributed by atoms with Gasteiger partial charge in [-0.15, -0.1) is 0 Å². The van der Waals surface area contributed by atoms with E-state index in [1.807, 2.05) is 36.4 Å². The molecule has 1 aliphatic heterocycles. The normalized spacial score (nSPS) is 14.8. The summed E-state index contributed by atoms with van der Waals surface area (Å²) >= 11 is 0. The first kappa shape index (κ1) is 27.6. The number of imide groups is 2. The molecule has 1 fully saturated rings. The highest BCUT2D eigenvalue weighted by atomic mass is 16.2. The van der Waals surface area contributed by atoms with Gasteiger partial charge in [-0.3, -0.25) is 14.9 Å². The number of carbonyl (C=O) groups excluding carboxylic acids is 3. The molecule has 0 aliphatic carbocycles. The number of carbonyl (C=O) groups is 3. The van der Waals surface area contributed by atoms with Crippen molar-refractivity contribution < 1.29 is 14.4 Å². The number of benzene rings is 2. The Morgan fingerprint density at radius 2 is 1.08 bits per heavy atom. The molecular formula is C31H42N2O3. The average Bonchev–Trinajstić information content (AvgIpc) is 3.18. The lowest BCUT2D eigenvalue weighted by molar-refractivity contribution is -0.137. The van der Waals surface area contributed by atoms with E-state index in [0.717, 1.165) is 17.7 Å². The van der Waals surface area contributed by atoms with Crippen molar-refractivity contribution in [2.75, 3.05) is 0 Å². The molecule has 194 valence electrons. The Hall–Kier alpha value is -2.95. The predicted molar refractivity (Wildman–Crippen MR) is 144 cm³/mol. The van der Waals surface area contributed by atoms with Crippen LogP contribution in [0.5, 0.6) is 0 Å². The molecule has 36 heavy (non-hydrogen) atoms. The summed E-state index contributed by atoms with van der Waals surface area (Å²) in [5.74, 6) is -0.794. The molecule has 0 spiro atoms. The molecule has 3 rings (SSSR count). The second-order valence-corrected chi connectivity index (χ2v) is 9.92. The first-order chi connectivity index (χ1) is 17.6. The molecule has 0 aromatic heterocycles. The predicted octanol–water partition coefficient (Wildman–Crippen LogP) is 7.49. The minimum Gasteiger partial charge on any atom is -0.275 e. The van der Waals surface area contributed by atoms with Gasteiger partial charge in [0, 0.05) is 6.42 Å². The van der Waals surface area contributed by atoms with Gasteiger partial charge in [0.05, 0.1) is 0 Å². The Morgan fingerprint density at radius 1 is 0.667 bits per heavy atom. The number of hydrogen-bond donors (Lipinski definition) is 1. The molecule has 0 bridgehead atoms. The summed E-state index contributed by atoms with van der Waals surface area (Å²) in [5.41, 5.74) is -0.260. The van der Waals surface area contributed by atoms with Crippen LogP contribution in [0.2, 0.25) is 0 Å². The largest absolute Gasteiger partial charge is 0.332 e. The summed E-state index contributed by atoms with van der Waals surface area (Å²) in [6.07, 6.45) is 16.2. The number of rotatable bonds is 16. The lowest BCUT2D eigenvalue weighted by Crippen LogP contribution is -2.50. The fourth-order valence-electron chi connectivity index (χ4n) is 5.25. The van der Waals surface area contributed by atoms with Gasteiger partial charge in [0.1, 0.15) is 0 Å². The maximum Gasteiger partial charge on any atom is 0.332 e. The van der Waals surface area contributed by atoms with E-state index in [0.29, 0.717) is 17.5 Å². The van der Waals surface area contributed by atoms with Crippen LogP contribution in [0.4, 0.5) is 4.79 Å². The highest BCUT2D eigenvalue weighted by molar-refractivity contribution is 6.16. The Balaban J connectivity index is 1.51. The summed E-state index contributed by atoms with van der Waals surface area (Å²) in [7, 11) is 0. The van der Waals surface area contributed by atoms with Gasteiger partial charge >= 0.3 is 6.03 Å². The lowest BCUT2D eigenvalue weighted by atomic mass is 9.81. The topological polar surface area (TPSA) is 66.5 Å². The average molecular weight is 491 g/mol. The van der Waals surface area contributed by atoms with E-state index in [1.54, 1.807) is 24.3 Å². The third kappa shape index (κ3) is 6.83. The molecule has 4 amide bonds. The van der Waals surface area contributed by atoms with E-state index in [9.17, 15) is 14.4 Å². The van der Waals surface area contributed by atoms with Crippen molar-refractivity contribution in [2.24, 2.45) is 0 Å². The SMILES string of the molecule is CCCCCCCCCCCCCCCC(=O)N1C(=O)NC(=O)C1(c1ccccc1)c1ccccc1. The third-order valence-corrected chi connectivity index (χ3v) is 7.21. The zero-order valence-corrected chi connectivity index (χ0v) is 21.8. The van der Waals surface area contributed by atoms with Crippen molar-refractivity contribution in [3.05, 3.63) is 71.8 Å².